The average Bonchev–Trinajstić information content (AvgIpc) is 3.32. The molecule has 4 rings (SSSR count). The van der Waals surface area contributed by atoms with Gasteiger partial charge in [-0.2, -0.15) is 0 Å². The number of carbonyl (C=O) groups excluding carboxylic acids is 2. The van der Waals surface area contributed by atoms with E-state index >= 15 is 0 Å². The third kappa shape index (κ3) is 3.44. The van der Waals surface area contributed by atoms with Gasteiger partial charge in [0.1, 0.15) is 5.82 Å². The number of carbonyl (C=O) groups is 2. The van der Waals surface area contributed by atoms with Crippen LogP contribution in [-0.4, -0.2) is 16.8 Å². The number of anilines is 1. The van der Waals surface area contributed by atoms with Gasteiger partial charge in [0.25, 0.3) is 5.91 Å². The van der Waals surface area contributed by atoms with Gasteiger partial charge in [0, 0.05) is 10.7 Å². The van der Waals surface area contributed by atoms with E-state index in [4.69, 9.17) is 23.2 Å². The maximum absolute atomic E-state index is 13.7. The number of aliphatic hydroxyl groups excluding tert-OH is 1. The molecule has 1 aliphatic rings. The Kier molecular flexibility index (Phi) is 5.17. The lowest BCUT2D eigenvalue weighted by Gasteiger charge is -2.27. The molecule has 1 aliphatic heterocycles. The molecule has 0 radical (unpaired) electrons. The van der Waals surface area contributed by atoms with Gasteiger partial charge in [0.05, 0.1) is 21.5 Å². The van der Waals surface area contributed by atoms with E-state index in [2.05, 4.69) is 0 Å². The van der Waals surface area contributed by atoms with Gasteiger partial charge in [-0.05, 0) is 47.3 Å². The molecule has 1 N–H and O–H groups in total. The molecule has 1 unspecified atom stereocenters. The zero-order valence-corrected chi connectivity index (χ0v) is 16.9. The molecule has 1 amide bonds. The largest absolute Gasteiger partial charge is 0.503 e. The van der Waals surface area contributed by atoms with Crippen LogP contribution < -0.4 is 4.90 Å². The van der Waals surface area contributed by atoms with Gasteiger partial charge in [-0.1, -0.05) is 41.4 Å². The molecule has 8 heteroatoms. The summed E-state index contributed by atoms with van der Waals surface area (Å²) in [5, 5.41) is 12.6. The van der Waals surface area contributed by atoms with Crippen molar-refractivity contribution in [1.82, 2.24) is 0 Å². The number of ketones is 1. The standard InChI is InChI=1S/C21H12Cl2FNO3S/c22-12-5-3-11(4-6-12)18-17(19(26)16-2-1-9-29-16)20(27)21(28)25(18)13-7-8-15(24)14(23)10-13/h1-10,18,27H. The molecule has 0 saturated heterocycles. The SMILES string of the molecule is O=C(C1=C(O)C(=O)N(c2ccc(F)c(Cl)c2)C1c1ccc(Cl)cc1)c1cccs1. The van der Waals surface area contributed by atoms with Crippen molar-refractivity contribution >= 4 is 51.9 Å². The zero-order chi connectivity index (χ0) is 20.7. The summed E-state index contributed by atoms with van der Waals surface area (Å²) in [6, 6.07) is 12.8. The van der Waals surface area contributed by atoms with E-state index < -0.39 is 29.3 Å². The smallest absolute Gasteiger partial charge is 0.294 e. The minimum Gasteiger partial charge on any atom is -0.503 e. The fraction of sp³-hybridized carbons (Fsp3) is 0.0476. The second-order valence-electron chi connectivity index (χ2n) is 6.30. The first kappa shape index (κ1) is 19.6. The monoisotopic (exact) mass is 447 g/mol. The highest BCUT2D eigenvalue weighted by atomic mass is 35.5. The van der Waals surface area contributed by atoms with Crippen molar-refractivity contribution < 1.29 is 19.1 Å². The van der Waals surface area contributed by atoms with Crippen molar-refractivity contribution in [2.24, 2.45) is 0 Å². The summed E-state index contributed by atoms with van der Waals surface area (Å²) in [5.74, 6) is -2.52. The van der Waals surface area contributed by atoms with Crippen LogP contribution in [-0.2, 0) is 4.79 Å². The Hall–Kier alpha value is -2.67. The van der Waals surface area contributed by atoms with E-state index in [0.29, 0.717) is 15.5 Å². The van der Waals surface area contributed by atoms with Crippen molar-refractivity contribution in [1.29, 1.82) is 0 Å². The topological polar surface area (TPSA) is 57.6 Å². The first-order valence-corrected chi connectivity index (χ1v) is 10.1. The van der Waals surface area contributed by atoms with Gasteiger partial charge < -0.3 is 5.11 Å². The van der Waals surface area contributed by atoms with Crippen molar-refractivity contribution in [3.05, 3.63) is 97.6 Å². The maximum Gasteiger partial charge on any atom is 0.294 e. The van der Waals surface area contributed by atoms with Crippen LogP contribution >= 0.6 is 34.5 Å². The Bertz CT molecular complexity index is 1140. The minimum atomic E-state index is -0.920. The summed E-state index contributed by atoms with van der Waals surface area (Å²) in [5.41, 5.74) is 0.759. The van der Waals surface area contributed by atoms with E-state index in [1.54, 1.807) is 41.8 Å². The molecule has 0 saturated carbocycles. The summed E-state index contributed by atoms with van der Waals surface area (Å²) >= 11 is 13.1. The Labute approximate surface area is 179 Å². The number of thiophene rings is 1. The molecule has 2 heterocycles. The van der Waals surface area contributed by atoms with Crippen LogP contribution in [0.25, 0.3) is 0 Å². The number of rotatable bonds is 4. The van der Waals surface area contributed by atoms with Crippen molar-refractivity contribution in [3.63, 3.8) is 0 Å². The van der Waals surface area contributed by atoms with Crippen LogP contribution in [0.1, 0.15) is 21.3 Å². The predicted molar refractivity (Wildman–Crippen MR) is 111 cm³/mol. The van der Waals surface area contributed by atoms with Gasteiger partial charge in [-0.3, -0.25) is 14.5 Å². The van der Waals surface area contributed by atoms with Gasteiger partial charge >= 0.3 is 0 Å². The van der Waals surface area contributed by atoms with Crippen LogP contribution in [0.4, 0.5) is 10.1 Å². The van der Waals surface area contributed by atoms with Crippen molar-refractivity contribution in [2.75, 3.05) is 4.90 Å². The molecule has 0 aliphatic carbocycles. The second-order valence-corrected chi connectivity index (χ2v) is 8.09. The van der Waals surface area contributed by atoms with Crippen molar-refractivity contribution in [2.45, 2.75) is 6.04 Å². The number of hydrogen-bond donors (Lipinski definition) is 1. The van der Waals surface area contributed by atoms with Gasteiger partial charge in [-0.25, -0.2) is 4.39 Å². The Morgan fingerprint density at radius 3 is 2.45 bits per heavy atom. The predicted octanol–water partition coefficient (Wildman–Crippen LogP) is 5.98. The molecule has 2 aromatic carbocycles. The molecule has 1 aromatic heterocycles. The molecular formula is C21H12Cl2FNO3S. The molecule has 0 bridgehead atoms. The number of hydrogen-bond acceptors (Lipinski definition) is 4. The Balaban J connectivity index is 1.89. The molecule has 0 fully saturated rings. The lowest BCUT2D eigenvalue weighted by Crippen LogP contribution is -2.31. The minimum absolute atomic E-state index is 0.0554. The van der Waals surface area contributed by atoms with Crippen LogP contribution in [0.3, 0.4) is 0 Å². The Morgan fingerprint density at radius 1 is 1.10 bits per heavy atom. The lowest BCUT2D eigenvalue weighted by molar-refractivity contribution is -0.117. The molecule has 0 spiro atoms. The van der Waals surface area contributed by atoms with Crippen LogP contribution in [0, 0.1) is 5.82 Å². The van der Waals surface area contributed by atoms with Gasteiger partial charge in [0.15, 0.2) is 5.76 Å². The fourth-order valence-corrected chi connectivity index (χ4v) is 4.22. The number of aliphatic hydroxyl groups is 1. The quantitative estimate of drug-likeness (QED) is 0.500. The lowest BCUT2D eigenvalue weighted by atomic mass is 9.95. The summed E-state index contributed by atoms with van der Waals surface area (Å²) in [7, 11) is 0. The normalized spacial score (nSPS) is 16.6. The molecule has 146 valence electrons. The molecule has 1 atom stereocenters. The number of benzene rings is 2. The number of Topliss-reactive ketones (excluding diaryl/α,β-unsaturated/α-hetero) is 1. The number of amides is 1. The van der Waals surface area contributed by atoms with Crippen LogP contribution in [0.2, 0.25) is 10.0 Å². The van der Waals surface area contributed by atoms with Crippen LogP contribution in [0.15, 0.2) is 71.3 Å². The Morgan fingerprint density at radius 2 is 1.83 bits per heavy atom. The van der Waals surface area contributed by atoms with E-state index in [1.165, 1.54) is 28.4 Å². The van der Waals surface area contributed by atoms with E-state index in [9.17, 15) is 19.1 Å². The highest BCUT2D eigenvalue weighted by molar-refractivity contribution is 7.12. The first-order chi connectivity index (χ1) is 13.9. The number of halogens is 3. The molecule has 4 nitrogen and oxygen atoms in total. The van der Waals surface area contributed by atoms with E-state index in [0.717, 1.165) is 6.07 Å². The van der Waals surface area contributed by atoms with Gasteiger partial charge in [0.2, 0.25) is 5.78 Å². The van der Waals surface area contributed by atoms with Crippen molar-refractivity contribution in [3.8, 4) is 0 Å². The fourth-order valence-electron chi connectivity index (χ4n) is 3.24. The third-order valence-corrected chi connectivity index (χ3v) is 5.98. The van der Waals surface area contributed by atoms with E-state index in [-0.39, 0.29) is 16.3 Å². The highest BCUT2D eigenvalue weighted by Crippen LogP contribution is 2.43. The maximum atomic E-state index is 13.7. The second kappa shape index (κ2) is 7.63. The summed E-state index contributed by atoms with van der Waals surface area (Å²) < 4.78 is 13.7. The molecule has 29 heavy (non-hydrogen) atoms. The van der Waals surface area contributed by atoms with Gasteiger partial charge in [-0.15, -0.1) is 11.3 Å². The first-order valence-electron chi connectivity index (χ1n) is 8.44. The summed E-state index contributed by atoms with van der Waals surface area (Å²) in [4.78, 5) is 27.7. The highest BCUT2D eigenvalue weighted by Gasteiger charge is 2.44. The van der Waals surface area contributed by atoms with E-state index in [1.807, 2.05) is 0 Å². The molecule has 3 aromatic rings. The average molecular weight is 448 g/mol. The summed E-state index contributed by atoms with van der Waals surface area (Å²) in [6.45, 7) is 0. The van der Waals surface area contributed by atoms with Crippen LogP contribution in [0.5, 0.6) is 0 Å². The number of nitrogens with zero attached hydrogens (tertiary/aromatic N) is 1. The zero-order valence-electron chi connectivity index (χ0n) is 14.6. The summed E-state index contributed by atoms with van der Waals surface area (Å²) in [6.07, 6.45) is 0. The third-order valence-electron chi connectivity index (χ3n) is 4.56. The molecular weight excluding hydrogens is 436 g/mol.